The van der Waals surface area contributed by atoms with E-state index in [1.165, 1.54) is 16.7 Å². The predicted octanol–water partition coefficient (Wildman–Crippen LogP) is 4.56. The van der Waals surface area contributed by atoms with E-state index < -0.39 is 0 Å². The number of rotatable bonds is 3. The molecule has 0 saturated carbocycles. The highest BCUT2D eigenvalue weighted by Gasteiger charge is 2.33. The van der Waals surface area contributed by atoms with Crippen molar-refractivity contribution in [3.05, 3.63) is 69.6 Å². The predicted molar refractivity (Wildman–Crippen MR) is 98.9 cm³/mol. The minimum absolute atomic E-state index is 0.165. The summed E-state index contributed by atoms with van der Waals surface area (Å²) >= 11 is 12.4. The van der Waals surface area contributed by atoms with Gasteiger partial charge in [0.2, 0.25) is 0 Å². The van der Waals surface area contributed by atoms with Crippen molar-refractivity contribution in [2.45, 2.75) is 0 Å². The van der Waals surface area contributed by atoms with Gasteiger partial charge in [-0.1, -0.05) is 59.8 Å². The van der Waals surface area contributed by atoms with Crippen molar-refractivity contribution >= 4 is 63.9 Å². The van der Waals surface area contributed by atoms with Crippen molar-refractivity contribution in [2.24, 2.45) is 0 Å². The number of hydrogen-bond acceptors (Lipinski definition) is 4. The van der Waals surface area contributed by atoms with E-state index >= 15 is 0 Å². The standard InChI is InChI=1S/C17H10ClNO2S2/c18-13-5-7-14(8-6-13)19-16(21)15(23-17(19)22)9-11-1-3-12(10-20)4-2-11/h1-10H/b15-9-. The third kappa shape index (κ3) is 3.37. The van der Waals surface area contributed by atoms with E-state index in [1.54, 1.807) is 54.6 Å². The number of halogens is 1. The van der Waals surface area contributed by atoms with Gasteiger partial charge in [0.05, 0.1) is 10.6 Å². The monoisotopic (exact) mass is 359 g/mol. The van der Waals surface area contributed by atoms with Gasteiger partial charge in [-0.05, 0) is 35.9 Å². The van der Waals surface area contributed by atoms with Crippen molar-refractivity contribution in [3.8, 4) is 0 Å². The van der Waals surface area contributed by atoms with Crippen LogP contribution in [0.5, 0.6) is 0 Å². The molecule has 0 N–H and O–H groups in total. The van der Waals surface area contributed by atoms with Crippen molar-refractivity contribution < 1.29 is 9.59 Å². The summed E-state index contributed by atoms with van der Waals surface area (Å²) in [5.41, 5.74) is 2.12. The summed E-state index contributed by atoms with van der Waals surface area (Å²) < 4.78 is 0.480. The smallest absolute Gasteiger partial charge is 0.270 e. The molecule has 1 saturated heterocycles. The summed E-state index contributed by atoms with van der Waals surface area (Å²) in [6, 6.07) is 14.0. The molecule has 1 heterocycles. The zero-order chi connectivity index (χ0) is 16.4. The maximum atomic E-state index is 12.6. The van der Waals surface area contributed by atoms with Crippen molar-refractivity contribution in [1.82, 2.24) is 0 Å². The fourth-order valence-corrected chi connectivity index (χ4v) is 3.53. The zero-order valence-corrected chi connectivity index (χ0v) is 14.1. The molecule has 0 aliphatic carbocycles. The van der Waals surface area contributed by atoms with Crippen LogP contribution in [0.25, 0.3) is 6.08 Å². The van der Waals surface area contributed by atoms with Crippen LogP contribution in [-0.2, 0) is 4.79 Å². The first kappa shape index (κ1) is 15.9. The molecule has 0 unspecified atom stereocenters. The van der Waals surface area contributed by atoms with Crippen LogP contribution in [0.1, 0.15) is 15.9 Å². The van der Waals surface area contributed by atoms with Gasteiger partial charge in [0, 0.05) is 10.6 Å². The Morgan fingerprint density at radius 2 is 1.61 bits per heavy atom. The topological polar surface area (TPSA) is 37.4 Å². The normalized spacial score (nSPS) is 16.2. The van der Waals surface area contributed by atoms with Crippen molar-refractivity contribution in [1.29, 1.82) is 0 Å². The summed E-state index contributed by atoms with van der Waals surface area (Å²) in [7, 11) is 0. The molecule has 0 spiro atoms. The Hall–Kier alpha value is -1.95. The maximum Gasteiger partial charge on any atom is 0.270 e. The number of carbonyl (C=O) groups excluding carboxylic acids is 2. The lowest BCUT2D eigenvalue weighted by Gasteiger charge is -2.14. The van der Waals surface area contributed by atoms with Crippen LogP contribution in [-0.4, -0.2) is 16.5 Å². The Labute approximate surface area is 147 Å². The average Bonchev–Trinajstić information content (AvgIpc) is 2.83. The number of thioether (sulfide) groups is 1. The second-order valence-electron chi connectivity index (χ2n) is 4.78. The number of anilines is 1. The summed E-state index contributed by atoms with van der Waals surface area (Å²) in [5, 5.41) is 0.602. The molecule has 2 aromatic rings. The molecule has 1 fully saturated rings. The molecule has 2 aromatic carbocycles. The van der Waals surface area contributed by atoms with Crippen LogP contribution < -0.4 is 4.90 Å². The Bertz CT molecular complexity index is 813. The molecule has 1 aliphatic heterocycles. The molecule has 0 aromatic heterocycles. The third-order valence-electron chi connectivity index (χ3n) is 3.25. The molecule has 3 nitrogen and oxygen atoms in total. The fourth-order valence-electron chi connectivity index (χ4n) is 2.10. The van der Waals surface area contributed by atoms with Crippen LogP contribution in [0.2, 0.25) is 5.02 Å². The zero-order valence-electron chi connectivity index (χ0n) is 11.7. The molecule has 0 atom stereocenters. The molecule has 114 valence electrons. The number of benzene rings is 2. The molecule has 1 amide bonds. The molecule has 0 bridgehead atoms. The maximum absolute atomic E-state index is 12.6. The second-order valence-corrected chi connectivity index (χ2v) is 6.89. The lowest BCUT2D eigenvalue weighted by molar-refractivity contribution is -0.113. The van der Waals surface area contributed by atoms with E-state index in [4.69, 9.17) is 23.8 Å². The Morgan fingerprint density at radius 3 is 2.22 bits per heavy atom. The first-order chi connectivity index (χ1) is 11.1. The fraction of sp³-hybridized carbons (Fsp3) is 0. The van der Waals surface area contributed by atoms with Gasteiger partial charge in [-0.25, -0.2) is 0 Å². The van der Waals surface area contributed by atoms with Gasteiger partial charge in [-0.15, -0.1) is 0 Å². The highest BCUT2D eigenvalue weighted by Crippen LogP contribution is 2.36. The molecule has 23 heavy (non-hydrogen) atoms. The number of nitrogens with zero attached hydrogens (tertiary/aromatic N) is 1. The summed E-state index contributed by atoms with van der Waals surface area (Å²) in [4.78, 5) is 25.3. The van der Waals surface area contributed by atoms with Gasteiger partial charge in [-0.2, -0.15) is 0 Å². The van der Waals surface area contributed by atoms with Gasteiger partial charge >= 0.3 is 0 Å². The van der Waals surface area contributed by atoms with Gasteiger partial charge in [0.15, 0.2) is 4.32 Å². The van der Waals surface area contributed by atoms with E-state index in [9.17, 15) is 9.59 Å². The van der Waals surface area contributed by atoms with E-state index in [0.29, 0.717) is 25.5 Å². The van der Waals surface area contributed by atoms with E-state index in [0.717, 1.165) is 11.8 Å². The molecule has 6 heteroatoms. The third-order valence-corrected chi connectivity index (χ3v) is 4.80. The molecule has 3 rings (SSSR count). The van der Waals surface area contributed by atoms with E-state index in [-0.39, 0.29) is 5.91 Å². The van der Waals surface area contributed by atoms with Crippen LogP contribution in [0.15, 0.2) is 53.4 Å². The second kappa shape index (κ2) is 6.66. The Morgan fingerprint density at radius 1 is 1.00 bits per heavy atom. The van der Waals surface area contributed by atoms with Crippen LogP contribution in [0.3, 0.4) is 0 Å². The number of hydrogen-bond donors (Lipinski definition) is 0. The van der Waals surface area contributed by atoms with Crippen LogP contribution >= 0.6 is 35.6 Å². The lowest BCUT2D eigenvalue weighted by Crippen LogP contribution is -2.27. The summed E-state index contributed by atoms with van der Waals surface area (Å²) in [6.07, 6.45) is 2.55. The Balaban J connectivity index is 1.89. The first-order valence-electron chi connectivity index (χ1n) is 6.67. The van der Waals surface area contributed by atoms with Gasteiger partial charge in [0.1, 0.15) is 6.29 Å². The van der Waals surface area contributed by atoms with E-state index in [1.807, 2.05) is 0 Å². The lowest BCUT2D eigenvalue weighted by atomic mass is 10.1. The van der Waals surface area contributed by atoms with Crippen LogP contribution in [0, 0.1) is 0 Å². The minimum atomic E-state index is -0.165. The highest BCUT2D eigenvalue weighted by molar-refractivity contribution is 8.27. The molecule has 1 aliphatic rings. The van der Waals surface area contributed by atoms with E-state index in [2.05, 4.69) is 0 Å². The SMILES string of the molecule is O=Cc1ccc(/C=C2\SC(=S)N(c3ccc(Cl)cc3)C2=O)cc1. The summed E-state index contributed by atoms with van der Waals surface area (Å²) in [6.45, 7) is 0. The molecular weight excluding hydrogens is 350 g/mol. The number of amides is 1. The first-order valence-corrected chi connectivity index (χ1v) is 8.27. The van der Waals surface area contributed by atoms with Gasteiger partial charge in [0.25, 0.3) is 5.91 Å². The largest absolute Gasteiger partial charge is 0.298 e. The molecular formula is C17H10ClNO2S2. The summed E-state index contributed by atoms with van der Waals surface area (Å²) in [5.74, 6) is -0.165. The molecule has 0 radical (unpaired) electrons. The number of carbonyl (C=O) groups is 2. The van der Waals surface area contributed by atoms with Crippen molar-refractivity contribution in [3.63, 3.8) is 0 Å². The average molecular weight is 360 g/mol. The Kier molecular flexibility index (Phi) is 4.61. The quantitative estimate of drug-likeness (QED) is 0.457. The highest BCUT2D eigenvalue weighted by atomic mass is 35.5. The number of aldehydes is 1. The van der Waals surface area contributed by atoms with Gasteiger partial charge in [-0.3, -0.25) is 14.5 Å². The minimum Gasteiger partial charge on any atom is -0.298 e. The van der Waals surface area contributed by atoms with Gasteiger partial charge < -0.3 is 0 Å². The van der Waals surface area contributed by atoms with Crippen LogP contribution in [0.4, 0.5) is 5.69 Å². The van der Waals surface area contributed by atoms with Crippen molar-refractivity contribution in [2.75, 3.05) is 4.90 Å². The number of thiocarbonyl (C=S) groups is 1.